The first-order valence-corrected chi connectivity index (χ1v) is 9.40. The van der Waals surface area contributed by atoms with Crippen molar-refractivity contribution in [2.45, 2.75) is 18.9 Å². The number of hydrogen-bond acceptors (Lipinski definition) is 6. The zero-order valence-corrected chi connectivity index (χ0v) is 16.8. The van der Waals surface area contributed by atoms with E-state index in [0.717, 1.165) is 18.4 Å². The van der Waals surface area contributed by atoms with Crippen molar-refractivity contribution in [2.24, 2.45) is 0 Å². The molecule has 2 aromatic carbocycles. The van der Waals surface area contributed by atoms with Gasteiger partial charge < -0.3 is 23.8 Å². The summed E-state index contributed by atoms with van der Waals surface area (Å²) < 4.78 is 21.2. The van der Waals surface area contributed by atoms with Crippen molar-refractivity contribution in [3.63, 3.8) is 0 Å². The number of nitrogens with zero attached hydrogens (tertiary/aromatic N) is 1. The lowest BCUT2D eigenvalue weighted by Crippen LogP contribution is -2.34. The Labute approximate surface area is 170 Å². The third kappa shape index (κ3) is 4.45. The number of esters is 1. The lowest BCUT2D eigenvalue weighted by molar-refractivity contribution is -0.135. The number of amides is 1. The molecule has 1 aliphatic heterocycles. The predicted octanol–water partition coefficient (Wildman–Crippen LogP) is 3.23. The van der Waals surface area contributed by atoms with E-state index in [1.165, 1.54) is 7.11 Å². The van der Waals surface area contributed by atoms with E-state index in [1.54, 1.807) is 43.4 Å². The number of ether oxygens (including phenoxy) is 4. The summed E-state index contributed by atoms with van der Waals surface area (Å²) in [5.41, 5.74) is 1.17. The normalized spacial score (nSPS) is 15.7. The molecule has 0 spiro atoms. The molecule has 1 heterocycles. The summed E-state index contributed by atoms with van der Waals surface area (Å²) in [5.74, 6) is 0.959. The van der Waals surface area contributed by atoms with Crippen molar-refractivity contribution in [3.8, 4) is 17.2 Å². The zero-order valence-electron chi connectivity index (χ0n) is 16.8. The minimum Gasteiger partial charge on any atom is -0.497 e. The number of likely N-dealkylation sites (tertiary alicyclic amines) is 1. The molecule has 1 atom stereocenters. The molecule has 29 heavy (non-hydrogen) atoms. The van der Waals surface area contributed by atoms with Crippen molar-refractivity contribution in [2.75, 3.05) is 34.5 Å². The minimum absolute atomic E-state index is 0.155. The Balaban J connectivity index is 1.71. The maximum atomic E-state index is 12.8. The Bertz CT molecular complexity index is 881. The van der Waals surface area contributed by atoms with Crippen LogP contribution in [0.5, 0.6) is 17.2 Å². The third-order valence-corrected chi connectivity index (χ3v) is 5.02. The number of carbonyl (C=O) groups is 2. The van der Waals surface area contributed by atoms with Crippen molar-refractivity contribution in [3.05, 3.63) is 53.6 Å². The van der Waals surface area contributed by atoms with Gasteiger partial charge in [-0.1, -0.05) is 12.1 Å². The zero-order chi connectivity index (χ0) is 20.8. The number of benzene rings is 2. The van der Waals surface area contributed by atoms with Crippen LogP contribution in [0, 0.1) is 0 Å². The molecule has 0 N–H and O–H groups in total. The highest BCUT2D eigenvalue weighted by Gasteiger charge is 2.32. The van der Waals surface area contributed by atoms with Crippen molar-refractivity contribution >= 4 is 11.9 Å². The highest BCUT2D eigenvalue weighted by Crippen LogP contribution is 2.39. The Morgan fingerprint density at radius 3 is 2.48 bits per heavy atom. The van der Waals surface area contributed by atoms with Gasteiger partial charge in [0.25, 0.3) is 5.91 Å². The first-order valence-electron chi connectivity index (χ1n) is 9.40. The second kappa shape index (κ2) is 9.32. The summed E-state index contributed by atoms with van der Waals surface area (Å²) in [6.45, 7) is 0.260. The molecule has 0 unspecified atom stereocenters. The molecule has 0 bridgehead atoms. The summed E-state index contributed by atoms with van der Waals surface area (Å²) in [7, 11) is 4.68. The van der Waals surface area contributed by atoms with Gasteiger partial charge in [-0.25, -0.2) is 4.79 Å². The van der Waals surface area contributed by atoms with Gasteiger partial charge in [0.2, 0.25) is 0 Å². The van der Waals surface area contributed by atoms with Crippen molar-refractivity contribution in [1.82, 2.24) is 4.90 Å². The van der Waals surface area contributed by atoms with E-state index in [4.69, 9.17) is 18.9 Å². The molecule has 1 amide bonds. The van der Waals surface area contributed by atoms with E-state index in [-0.39, 0.29) is 24.1 Å². The topological polar surface area (TPSA) is 74.3 Å². The molecule has 0 aromatic heterocycles. The molecule has 1 fully saturated rings. The molecule has 7 heteroatoms. The van der Waals surface area contributed by atoms with Gasteiger partial charge in [-0.05, 0) is 43.2 Å². The SMILES string of the molecule is COc1ccc(OC)c([C@@H]2CCCN2C(=O)COC(=O)c2ccccc2OC)c1. The summed E-state index contributed by atoms with van der Waals surface area (Å²) >= 11 is 0. The van der Waals surface area contributed by atoms with Crippen LogP contribution in [-0.4, -0.2) is 51.3 Å². The highest BCUT2D eigenvalue weighted by molar-refractivity contribution is 5.94. The second-order valence-electron chi connectivity index (χ2n) is 6.63. The fourth-order valence-corrected chi connectivity index (χ4v) is 3.59. The quantitative estimate of drug-likeness (QED) is 0.666. The van der Waals surface area contributed by atoms with Gasteiger partial charge in [-0.2, -0.15) is 0 Å². The maximum absolute atomic E-state index is 12.8. The van der Waals surface area contributed by atoms with Crippen LogP contribution in [0.2, 0.25) is 0 Å². The molecule has 1 saturated heterocycles. The molecular weight excluding hydrogens is 374 g/mol. The number of methoxy groups -OCH3 is 3. The Hall–Kier alpha value is -3.22. The molecule has 3 rings (SSSR count). The van der Waals surface area contributed by atoms with Crippen molar-refractivity contribution in [1.29, 1.82) is 0 Å². The average molecular weight is 399 g/mol. The molecule has 154 valence electrons. The van der Waals surface area contributed by atoms with Crippen LogP contribution in [0.1, 0.15) is 34.8 Å². The van der Waals surface area contributed by atoms with Gasteiger partial charge in [0, 0.05) is 12.1 Å². The molecule has 1 aliphatic rings. The second-order valence-corrected chi connectivity index (χ2v) is 6.63. The number of hydrogen-bond donors (Lipinski definition) is 0. The standard InChI is InChI=1S/C22H25NO6/c1-26-15-10-11-20(28-3)17(13-15)18-8-6-12-23(18)21(24)14-29-22(25)16-7-4-5-9-19(16)27-2/h4-5,7,9-11,13,18H,6,8,12,14H2,1-3H3/t18-/m0/s1. The van der Waals surface area contributed by atoms with Gasteiger partial charge in [-0.15, -0.1) is 0 Å². The third-order valence-electron chi connectivity index (χ3n) is 5.02. The molecule has 0 saturated carbocycles. The smallest absolute Gasteiger partial charge is 0.342 e. The molecule has 7 nitrogen and oxygen atoms in total. The molecule has 0 aliphatic carbocycles. The van der Waals surface area contributed by atoms with Crippen LogP contribution in [0.15, 0.2) is 42.5 Å². The molecule has 0 radical (unpaired) electrons. The van der Waals surface area contributed by atoms with Gasteiger partial charge in [0.05, 0.1) is 27.4 Å². The Morgan fingerprint density at radius 1 is 1.00 bits per heavy atom. The summed E-state index contributed by atoms with van der Waals surface area (Å²) in [6, 6.07) is 12.1. The minimum atomic E-state index is -0.592. The van der Waals surface area contributed by atoms with Gasteiger partial charge in [0.1, 0.15) is 22.8 Å². The number of rotatable bonds is 7. The predicted molar refractivity (Wildman–Crippen MR) is 107 cm³/mol. The van der Waals surface area contributed by atoms with E-state index in [9.17, 15) is 9.59 Å². The van der Waals surface area contributed by atoms with Crippen LogP contribution in [0.3, 0.4) is 0 Å². The Kier molecular flexibility index (Phi) is 6.59. The van der Waals surface area contributed by atoms with E-state index in [2.05, 4.69) is 0 Å². The van der Waals surface area contributed by atoms with E-state index in [1.807, 2.05) is 18.2 Å². The van der Waals surface area contributed by atoms with Crippen LogP contribution in [-0.2, 0) is 9.53 Å². The highest BCUT2D eigenvalue weighted by atomic mass is 16.5. The first kappa shape index (κ1) is 20.5. The lowest BCUT2D eigenvalue weighted by Gasteiger charge is -2.26. The molecular formula is C22H25NO6. The van der Waals surface area contributed by atoms with Gasteiger partial charge >= 0.3 is 5.97 Å². The van der Waals surface area contributed by atoms with Crippen LogP contribution >= 0.6 is 0 Å². The van der Waals surface area contributed by atoms with Gasteiger partial charge in [-0.3, -0.25) is 4.79 Å². The summed E-state index contributed by atoms with van der Waals surface area (Å²) in [5, 5.41) is 0. The van der Waals surface area contributed by atoms with Crippen LogP contribution in [0.25, 0.3) is 0 Å². The Morgan fingerprint density at radius 2 is 1.76 bits per heavy atom. The number of carbonyl (C=O) groups excluding carboxylic acids is 2. The van der Waals surface area contributed by atoms with Gasteiger partial charge in [0.15, 0.2) is 6.61 Å². The lowest BCUT2D eigenvalue weighted by atomic mass is 10.0. The molecule has 2 aromatic rings. The average Bonchev–Trinajstić information content (AvgIpc) is 3.26. The van der Waals surface area contributed by atoms with Crippen molar-refractivity contribution < 1.29 is 28.5 Å². The van der Waals surface area contributed by atoms with Crippen LogP contribution < -0.4 is 14.2 Å². The summed E-state index contributed by atoms with van der Waals surface area (Å²) in [4.78, 5) is 26.9. The largest absolute Gasteiger partial charge is 0.497 e. The van der Waals surface area contributed by atoms with E-state index < -0.39 is 5.97 Å². The fraction of sp³-hybridized carbons (Fsp3) is 0.364. The summed E-state index contributed by atoms with van der Waals surface area (Å²) in [6.07, 6.45) is 1.66. The fourth-order valence-electron chi connectivity index (χ4n) is 3.59. The van der Waals surface area contributed by atoms with E-state index >= 15 is 0 Å². The number of para-hydroxylation sites is 1. The van der Waals surface area contributed by atoms with Crippen LogP contribution in [0.4, 0.5) is 0 Å². The van der Waals surface area contributed by atoms with E-state index in [0.29, 0.717) is 23.8 Å². The first-order chi connectivity index (χ1) is 14.1. The monoisotopic (exact) mass is 399 g/mol. The maximum Gasteiger partial charge on any atom is 0.342 e.